The molecule has 1 aromatic carbocycles. The zero-order chi connectivity index (χ0) is 17.2. The molecule has 1 amide bonds. The molecule has 1 fully saturated rings. The fraction of sp³-hybridized carbons (Fsp3) is 0.250. The zero-order valence-electron chi connectivity index (χ0n) is 14.2. The number of pyridine rings is 1. The first-order chi connectivity index (χ1) is 12.2. The van der Waals surface area contributed by atoms with E-state index in [1.165, 1.54) is 0 Å². The van der Waals surface area contributed by atoms with Crippen LogP contribution < -0.4 is 0 Å². The van der Waals surface area contributed by atoms with Crippen LogP contribution in [0.25, 0.3) is 5.69 Å². The lowest BCUT2D eigenvalue weighted by Crippen LogP contribution is -2.32. The van der Waals surface area contributed by atoms with Crippen LogP contribution in [0.15, 0.2) is 61.2 Å². The number of aryl methyl sites for hydroxylation is 1. The van der Waals surface area contributed by atoms with Gasteiger partial charge >= 0.3 is 0 Å². The minimum absolute atomic E-state index is 0.0335. The van der Waals surface area contributed by atoms with Gasteiger partial charge in [0.1, 0.15) is 0 Å². The van der Waals surface area contributed by atoms with Crippen molar-refractivity contribution in [3.63, 3.8) is 0 Å². The minimum atomic E-state index is 0.0335. The van der Waals surface area contributed by atoms with E-state index in [1.54, 1.807) is 17.1 Å². The van der Waals surface area contributed by atoms with Crippen LogP contribution in [-0.4, -0.2) is 31.6 Å². The summed E-state index contributed by atoms with van der Waals surface area (Å²) in [6.45, 7) is 2.63. The molecular weight excluding hydrogens is 312 g/mol. The molecular formula is C20H20N4O. The van der Waals surface area contributed by atoms with Gasteiger partial charge in [0.15, 0.2) is 0 Å². The van der Waals surface area contributed by atoms with Gasteiger partial charge in [-0.25, -0.2) is 4.68 Å². The highest BCUT2D eigenvalue weighted by molar-refractivity contribution is 5.94. The third-order valence-corrected chi connectivity index (χ3v) is 4.52. The van der Waals surface area contributed by atoms with Crippen molar-refractivity contribution in [1.29, 1.82) is 0 Å². The maximum atomic E-state index is 13.0. The van der Waals surface area contributed by atoms with E-state index in [2.05, 4.69) is 10.1 Å². The Morgan fingerprint density at radius 3 is 2.76 bits per heavy atom. The molecule has 2 aromatic heterocycles. The third kappa shape index (κ3) is 3.31. The van der Waals surface area contributed by atoms with Crippen LogP contribution in [0.2, 0.25) is 0 Å². The molecule has 1 saturated carbocycles. The molecule has 0 N–H and O–H groups in total. The van der Waals surface area contributed by atoms with Gasteiger partial charge in [0, 0.05) is 31.2 Å². The van der Waals surface area contributed by atoms with Gasteiger partial charge in [0.25, 0.3) is 5.91 Å². The van der Waals surface area contributed by atoms with E-state index in [0.29, 0.717) is 18.2 Å². The highest BCUT2D eigenvalue weighted by atomic mass is 16.2. The van der Waals surface area contributed by atoms with Gasteiger partial charge in [0.2, 0.25) is 0 Å². The van der Waals surface area contributed by atoms with E-state index in [4.69, 9.17) is 0 Å². The molecule has 1 aliphatic carbocycles. The molecule has 0 unspecified atom stereocenters. The summed E-state index contributed by atoms with van der Waals surface area (Å²) in [6, 6.07) is 12.3. The predicted molar refractivity (Wildman–Crippen MR) is 95.4 cm³/mol. The lowest BCUT2D eigenvalue weighted by atomic mass is 10.2. The van der Waals surface area contributed by atoms with E-state index in [0.717, 1.165) is 29.7 Å². The molecule has 25 heavy (non-hydrogen) atoms. The summed E-state index contributed by atoms with van der Waals surface area (Å²) in [6.07, 6.45) is 9.19. The molecule has 5 nitrogen and oxygen atoms in total. The molecule has 0 radical (unpaired) electrons. The Kier molecular flexibility index (Phi) is 4.06. The van der Waals surface area contributed by atoms with E-state index in [1.807, 2.05) is 60.6 Å². The average molecular weight is 332 g/mol. The van der Waals surface area contributed by atoms with Gasteiger partial charge in [0.05, 0.1) is 17.4 Å². The summed E-state index contributed by atoms with van der Waals surface area (Å²) in [5, 5.41) is 4.39. The van der Waals surface area contributed by atoms with E-state index < -0.39 is 0 Å². The van der Waals surface area contributed by atoms with Crippen LogP contribution in [0.1, 0.15) is 34.3 Å². The Morgan fingerprint density at radius 2 is 2.04 bits per heavy atom. The van der Waals surface area contributed by atoms with Crippen LogP contribution in [0.3, 0.4) is 0 Å². The molecule has 2 heterocycles. The standard InChI is InChI=1S/C20H20N4O/c1-15-5-2-3-7-19(15)24-14-17(12-22-24)20(25)23(18-8-9-18)13-16-6-4-10-21-11-16/h2-7,10-12,14,18H,8-9,13H2,1H3. The summed E-state index contributed by atoms with van der Waals surface area (Å²) in [5.41, 5.74) is 3.79. The molecule has 0 spiro atoms. The first-order valence-electron chi connectivity index (χ1n) is 8.53. The van der Waals surface area contributed by atoms with Crippen LogP contribution in [0.5, 0.6) is 0 Å². The number of para-hydroxylation sites is 1. The molecule has 0 aliphatic heterocycles. The summed E-state index contributed by atoms with van der Waals surface area (Å²) in [5.74, 6) is 0.0335. The smallest absolute Gasteiger partial charge is 0.257 e. The Morgan fingerprint density at radius 1 is 1.20 bits per heavy atom. The molecule has 1 aliphatic rings. The number of hydrogen-bond acceptors (Lipinski definition) is 3. The first-order valence-corrected chi connectivity index (χ1v) is 8.53. The quantitative estimate of drug-likeness (QED) is 0.720. The van der Waals surface area contributed by atoms with Gasteiger partial charge < -0.3 is 4.90 Å². The largest absolute Gasteiger partial charge is 0.331 e. The van der Waals surface area contributed by atoms with E-state index in [9.17, 15) is 4.79 Å². The first kappa shape index (κ1) is 15.6. The number of aromatic nitrogens is 3. The van der Waals surface area contributed by atoms with Crippen molar-refractivity contribution in [3.05, 3.63) is 77.9 Å². The van der Waals surface area contributed by atoms with Crippen molar-refractivity contribution in [3.8, 4) is 5.69 Å². The van der Waals surface area contributed by atoms with Gasteiger partial charge in [-0.2, -0.15) is 5.10 Å². The van der Waals surface area contributed by atoms with E-state index in [-0.39, 0.29) is 5.91 Å². The van der Waals surface area contributed by atoms with Crippen LogP contribution in [0, 0.1) is 6.92 Å². The number of nitrogens with zero attached hydrogens (tertiary/aromatic N) is 4. The predicted octanol–water partition coefficient (Wildman–Crippen LogP) is 3.38. The molecule has 126 valence electrons. The highest BCUT2D eigenvalue weighted by Gasteiger charge is 2.33. The van der Waals surface area contributed by atoms with Crippen LogP contribution in [-0.2, 0) is 6.54 Å². The van der Waals surface area contributed by atoms with Gasteiger partial charge in [-0.05, 0) is 43.0 Å². The average Bonchev–Trinajstić information content (AvgIpc) is 3.37. The number of benzene rings is 1. The molecule has 0 bridgehead atoms. The number of amides is 1. The second-order valence-corrected chi connectivity index (χ2v) is 6.49. The summed E-state index contributed by atoms with van der Waals surface area (Å²) < 4.78 is 1.78. The Balaban J connectivity index is 1.58. The van der Waals surface area contributed by atoms with Crippen molar-refractivity contribution in [1.82, 2.24) is 19.7 Å². The number of hydrogen-bond donors (Lipinski definition) is 0. The second-order valence-electron chi connectivity index (χ2n) is 6.49. The molecule has 5 heteroatoms. The van der Waals surface area contributed by atoms with Crippen LogP contribution >= 0.6 is 0 Å². The van der Waals surface area contributed by atoms with Crippen molar-refractivity contribution in [2.45, 2.75) is 32.4 Å². The Bertz CT molecular complexity index is 883. The van der Waals surface area contributed by atoms with Gasteiger partial charge in [-0.3, -0.25) is 9.78 Å². The minimum Gasteiger partial charge on any atom is -0.331 e. The number of carbonyl (C=O) groups excluding carboxylic acids is 1. The summed E-state index contributed by atoms with van der Waals surface area (Å²) >= 11 is 0. The normalized spacial score (nSPS) is 13.6. The molecule has 0 atom stereocenters. The maximum Gasteiger partial charge on any atom is 0.257 e. The zero-order valence-corrected chi connectivity index (χ0v) is 14.2. The summed E-state index contributed by atoms with van der Waals surface area (Å²) in [7, 11) is 0. The van der Waals surface area contributed by atoms with Crippen molar-refractivity contribution in [2.24, 2.45) is 0 Å². The maximum absolute atomic E-state index is 13.0. The number of carbonyl (C=O) groups is 1. The lowest BCUT2D eigenvalue weighted by molar-refractivity contribution is 0.0730. The fourth-order valence-electron chi connectivity index (χ4n) is 2.99. The highest BCUT2D eigenvalue weighted by Crippen LogP contribution is 2.30. The summed E-state index contributed by atoms with van der Waals surface area (Å²) in [4.78, 5) is 19.1. The third-order valence-electron chi connectivity index (χ3n) is 4.52. The lowest BCUT2D eigenvalue weighted by Gasteiger charge is -2.21. The second kappa shape index (κ2) is 6.51. The van der Waals surface area contributed by atoms with Crippen LogP contribution in [0.4, 0.5) is 0 Å². The topological polar surface area (TPSA) is 51.0 Å². The van der Waals surface area contributed by atoms with Gasteiger partial charge in [-0.15, -0.1) is 0 Å². The van der Waals surface area contributed by atoms with Crippen molar-refractivity contribution < 1.29 is 4.79 Å². The molecule has 3 aromatic rings. The SMILES string of the molecule is Cc1ccccc1-n1cc(C(=O)N(Cc2cccnc2)C2CC2)cn1. The van der Waals surface area contributed by atoms with Crippen molar-refractivity contribution in [2.75, 3.05) is 0 Å². The molecule has 4 rings (SSSR count). The Labute approximate surface area is 146 Å². The fourth-order valence-corrected chi connectivity index (χ4v) is 2.99. The Hall–Kier alpha value is -2.95. The molecule has 0 saturated heterocycles. The number of rotatable bonds is 5. The van der Waals surface area contributed by atoms with E-state index >= 15 is 0 Å². The van der Waals surface area contributed by atoms with Crippen molar-refractivity contribution >= 4 is 5.91 Å². The monoisotopic (exact) mass is 332 g/mol. The van der Waals surface area contributed by atoms with Gasteiger partial charge in [-0.1, -0.05) is 24.3 Å².